The highest BCUT2D eigenvalue weighted by Crippen LogP contribution is 2.32. The summed E-state index contributed by atoms with van der Waals surface area (Å²) in [5, 5.41) is 0. The van der Waals surface area contributed by atoms with Crippen LogP contribution < -0.4 is 0 Å². The van der Waals surface area contributed by atoms with Crippen LogP contribution >= 0.6 is 0 Å². The van der Waals surface area contributed by atoms with E-state index < -0.39 is 11.9 Å². The zero-order chi connectivity index (χ0) is 11.1. The van der Waals surface area contributed by atoms with Gasteiger partial charge < -0.3 is 14.2 Å². The molecule has 2 fully saturated rings. The highest BCUT2D eigenvalue weighted by atomic mass is 16.7. The third-order valence-corrected chi connectivity index (χ3v) is 2.80. The van der Waals surface area contributed by atoms with Crippen molar-refractivity contribution >= 4 is 5.78 Å². The first-order chi connectivity index (χ1) is 7.00. The van der Waals surface area contributed by atoms with Gasteiger partial charge in [0, 0.05) is 6.42 Å². The van der Waals surface area contributed by atoms with Gasteiger partial charge in [-0.1, -0.05) is 13.8 Å². The van der Waals surface area contributed by atoms with Crippen molar-refractivity contribution < 1.29 is 19.0 Å². The van der Waals surface area contributed by atoms with Crippen molar-refractivity contribution in [2.45, 2.75) is 45.2 Å². The highest BCUT2D eigenvalue weighted by Gasteiger charge is 2.47. The first-order valence-corrected chi connectivity index (χ1v) is 5.46. The summed E-state index contributed by atoms with van der Waals surface area (Å²) in [5.41, 5.74) is 0. The third-order valence-electron chi connectivity index (χ3n) is 2.80. The lowest BCUT2D eigenvalue weighted by Crippen LogP contribution is -2.50. The van der Waals surface area contributed by atoms with Crippen molar-refractivity contribution in [1.82, 2.24) is 0 Å². The molecule has 0 radical (unpaired) electrons. The first-order valence-electron chi connectivity index (χ1n) is 5.46. The second-order valence-electron chi connectivity index (χ2n) is 4.90. The third kappa shape index (κ3) is 2.22. The van der Waals surface area contributed by atoms with Crippen molar-refractivity contribution in [3.05, 3.63) is 0 Å². The van der Waals surface area contributed by atoms with Crippen LogP contribution in [-0.4, -0.2) is 37.0 Å². The summed E-state index contributed by atoms with van der Waals surface area (Å²) in [6.45, 7) is 6.74. The molecule has 0 aromatic rings. The fourth-order valence-electron chi connectivity index (χ4n) is 2.25. The largest absolute Gasteiger partial charge is 0.365 e. The Balaban J connectivity index is 2.03. The van der Waals surface area contributed by atoms with Crippen molar-refractivity contribution in [2.75, 3.05) is 13.2 Å². The van der Waals surface area contributed by atoms with Crippen LogP contribution in [0.15, 0.2) is 0 Å². The van der Waals surface area contributed by atoms with Gasteiger partial charge in [-0.25, -0.2) is 0 Å². The standard InChI is InChI=1S/C11H18O4/c1-7(2)4-11(3)14-6-9-10(15-11)8(12)5-13-9/h7,9-10H,4-6H2,1-3H3. The summed E-state index contributed by atoms with van der Waals surface area (Å²) in [6, 6.07) is 0. The van der Waals surface area contributed by atoms with Gasteiger partial charge in [-0.2, -0.15) is 0 Å². The van der Waals surface area contributed by atoms with Crippen LogP contribution in [0, 0.1) is 5.92 Å². The molecule has 2 aliphatic heterocycles. The summed E-state index contributed by atoms with van der Waals surface area (Å²) in [4.78, 5) is 11.5. The summed E-state index contributed by atoms with van der Waals surface area (Å²) in [6.07, 6.45) is 0.184. The van der Waals surface area contributed by atoms with Crippen LogP contribution in [0.1, 0.15) is 27.2 Å². The van der Waals surface area contributed by atoms with Gasteiger partial charge in [-0.05, 0) is 12.8 Å². The van der Waals surface area contributed by atoms with E-state index in [1.54, 1.807) is 0 Å². The molecule has 4 heteroatoms. The maximum Gasteiger partial charge on any atom is 0.190 e. The number of Topliss-reactive ketones (excluding diaryl/α,β-unsaturated/α-hetero) is 1. The number of carbonyl (C=O) groups is 1. The molecular weight excluding hydrogens is 196 g/mol. The Hall–Kier alpha value is -0.450. The summed E-state index contributed by atoms with van der Waals surface area (Å²) >= 11 is 0. The van der Waals surface area contributed by atoms with Crippen LogP contribution in [0.2, 0.25) is 0 Å². The van der Waals surface area contributed by atoms with E-state index in [2.05, 4.69) is 13.8 Å². The van der Waals surface area contributed by atoms with E-state index >= 15 is 0 Å². The van der Waals surface area contributed by atoms with Crippen molar-refractivity contribution in [3.8, 4) is 0 Å². The van der Waals surface area contributed by atoms with E-state index in [-0.39, 0.29) is 18.5 Å². The Morgan fingerprint density at radius 2 is 2.27 bits per heavy atom. The molecule has 0 aromatic heterocycles. The van der Waals surface area contributed by atoms with E-state index in [0.717, 1.165) is 6.42 Å². The summed E-state index contributed by atoms with van der Waals surface area (Å²) in [7, 11) is 0. The van der Waals surface area contributed by atoms with Gasteiger partial charge in [-0.3, -0.25) is 4.79 Å². The average molecular weight is 214 g/mol. The topological polar surface area (TPSA) is 44.8 Å². The van der Waals surface area contributed by atoms with Crippen molar-refractivity contribution in [2.24, 2.45) is 5.92 Å². The SMILES string of the molecule is CC(C)CC1(C)OCC2OCC(=O)C2O1. The molecule has 3 unspecified atom stereocenters. The molecule has 4 nitrogen and oxygen atoms in total. The van der Waals surface area contributed by atoms with E-state index in [9.17, 15) is 4.79 Å². The molecule has 3 atom stereocenters. The molecule has 2 heterocycles. The summed E-state index contributed by atoms with van der Waals surface area (Å²) in [5.74, 6) is -0.110. The number of carbonyl (C=O) groups excluding carboxylic acids is 1. The van der Waals surface area contributed by atoms with Crippen LogP contribution in [-0.2, 0) is 19.0 Å². The lowest BCUT2D eigenvalue weighted by molar-refractivity contribution is -0.303. The molecule has 0 aliphatic carbocycles. The number of rotatable bonds is 2. The maximum atomic E-state index is 11.5. The number of fused-ring (bicyclic) bond motifs is 1. The van der Waals surface area contributed by atoms with Crippen molar-refractivity contribution in [3.63, 3.8) is 0 Å². The number of hydrogen-bond donors (Lipinski definition) is 0. The van der Waals surface area contributed by atoms with Gasteiger partial charge >= 0.3 is 0 Å². The predicted octanol–water partition coefficient (Wildman–Crippen LogP) is 1.13. The zero-order valence-electron chi connectivity index (χ0n) is 9.49. The van der Waals surface area contributed by atoms with Crippen LogP contribution in [0.5, 0.6) is 0 Å². The Kier molecular flexibility index (Phi) is 2.83. The molecule has 0 saturated carbocycles. The van der Waals surface area contributed by atoms with Gasteiger partial charge in [-0.15, -0.1) is 0 Å². The van der Waals surface area contributed by atoms with E-state index in [0.29, 0.717) is 12.5 Å². The normalized spacial score (nSPS) is 40.9. The highest BCUT2D eigenvalue weighted by molar-refractivity contribution is 5.86. The van der Waals surface area contributed by atoms with Crippen molar-refractivity contribution in [1.29, 1.82) is 0 Å². The molecule has 86 valence electrons. The summed E-state index contributed by atoms with van der Waals surface area (Å²) < 4.78 is 16.6. The molecule has 0 bridgehead atoms. The Morgan fingerprint density at radius 1 is 1.53 bits per heavy atom. The molecule has 2 rings (SSSR count). The van der Waals surface area contributed by atoms with Gasteiger partial charge in [0.1, 0.15) is 18.8 Å². The molecule has 0 N–H and O–H groups in total. The van der Waals surface area contributed by atoms with Crippen LogP contribution in [0.25, 0.3) is 0 Å². The molecule has 0 spiro atoms. The molecule has 2 aliphatic rings. The second-order valence-corrected chi connectivity index (χ2v) is 4.90. The number of hydrogen-bond acceptors (Lipinski definition) is 4. The Labute approximate surface area is 89.9 Å². The Morgan fingerprint density at radius 3 is 2.93 bits per heavy atom. The minimum atomic E-state index is -0.626. The fraction of sp³-hybridized carbons (Fsp3) is 0.909. The van der Waals surface area contributed by atoms with Crippen LogP contribution in [0.4, 0.5) is 0 Å². The predicted molar refractivity (Wildman–Crippen MR) is 53.4 cm³/mol. The maximum absolute atomic E-state index is 11.5. The fourth-order valence-corrected chi connectivity index (χ4v) is 2.25. The Bertz CT molecular complexity index is 263. The molecule has 0 aromatic carbocycles. The zero-order valence-corrected chi connectivity index (χ0v) is 9.49. The lowest BCUT2D eigenvalue weighted by Gasteiger charge is -2.39. The lowest BCUT2D eigenvalue weighted by atomic mass is 10.0. The van der Waals surface area contributed by atoms with Crippen LogP contribution in [0.3, 0.4) is 0 Å². The van der Waals surface area contributed by atoms with Gasteiger partial charge in [0.25, 0.3) is 0 Å². The van der Waals surface area contributed by atoms with E-state index in [4.69, 9.17) is 14.2 Å². The van der Waals surface area contributed by atoms with E-state index in [1.807, 2.05) is 6.92 Å². The minimum absolute atomic E-state index is 0.0401. The van der Waals surface area contributed by atoms with Gasteiger partial charge in [0.2, 0.25) is 0 Å². The smallest absolute Gasteiger partial charge is 0.190 e. The van der Waals surface area contributed by atoms with E-state index in [1.165, 1.54) is 0 Å². The average Bonchev–Trinajstić information content (AvgIpc) is 2.46. The molecule has 15 heavy (non-hydrogen) atoms. The number of ether oxygens (including phenoxy) is 3. The monoisotopic (exact) mass is 214 g/mol. The minimum Gasteiger partial charge on any atom is -0.365 e. The molecular formula is C11H18O4. The molecule has 2 saturated heterocycles. The number of ketones is 1. The first kappa shape index (κ1) is 11.0. The van der Waals surface area contributed by atoms with Gasteiger partial charge in [0.15, 0.2) is 11.6 Å². The quantitative estimate of drug-likeness (QED) is 0.691. The second kappa shape index (κ2) is 3.85. The molecule has 0 amide bonds. The van der Waals surface area contributed by atoms with Gasteiger partial charge in [0.05, 0.1) is 6.61 Å².